The van der Waals surface area contributed by atoms with Crippen molar-refractivity contribution in [3.8, 4) is 5.75 Å². The maximum atomic E-state index is 12.4. The van der Waals surface area contributed by atoms with E-state index in [1.54, 1.807) is 7.11 Å². The molecule has 1 aliphatic rings. The number of alkyl halides is 3. The van der Waals surface area contributed by atoms with Crippen molar-refractivity contribution in [3.63, 3.8) is 0 Å². The summed E-state index contributed by atoms with van der Waals surface area (Å²) in [5.74, 6) is 1.38. The third-order valence-corrected chi connectivity index (χ3v) is 4.30. The van der Waals surface area contributed by atoms with Crippen LogP contribution in [-0.2, 0) is 0 Å². The van der Waals surface area contributed by atoms with Crippen molar-refractivity contribution in [1.29, 1.82) is 0 Å². The van der Waals surface area contributed by atoms with Gasteiger partial charge < -0.3 is 15.8 Å². The predicted octanol–water partition coefficient (Wildman–Crippen LogP) is 3.70. The second-order valence-electron chi connectivity index (χ2n) is 6.22. The molecule has 1 saturated heterocycles. The molecule has 9 heteroatoms. The van der Waals surface area contributed by atoms with Crippen molar-refractivity contribution < 1.29 is 17.9 Å². The number of anilines is 1. The molecule has 2 rings (SSSR count). The van der Waals surface area contributed by atoms with E-state index in [0.717, 1.165) is 24.9 Å². The van der Waals surface area contributed by atoms with E-state index in [0.29, 0.717) is 37.3 Å². The van der Waals surface area contributed by atoms with E-state index in [9.17, 15) is 13.2 Å². The monoisotopic (exact) mass is 486 g/mol. The van der Waals surface area contributed by atoms with Crippen molar-refractivity contribution in [3.05, 3.63) is 24.3 Å². The summed E-state index contributed by atoms with van der Waals surface area (Å²) in [7, 11) is 1.58. The Morgan fingerprint density at radius 3 is 2.58 bits per heavy atom. The quantitative estimate of drug-likeness (QED) is 0.366. The molecule has 0 atom stereocenters. The summed E-state index contributed by atoms with van der Waals surface area (Å²) >= 11 is 0. The zero-order valence-electron chi connectivity index (χ0n) is 14.8. The number of nitrogens with two attached hydrogens (primary N) is 1. The van der Waals surface area contributed by atoms with Crippen LogP contribution in [-0.4, -0.2) is 50.3 Å². The minimum absolute atomic E-state index is 0. The molecular weight excluding hydrogens is 460 g/mol. The standard InChI is InChI=1S/C17H25F3N4O.HI/c1-25-15-5-3-2-4-14(15)23-16(21)22-9-6-13-7-10-24(11-8-13)12-17(18,19)20;/h2-5,13H,6-12H2,1H3,(H3,21,22,23);1H. The molecular formula is C17H26F3IN4O. The Labute approximate surface area is 169 Å². The van der Waals surface area contributed by atoms with Gasteiger partial charge in [0.25, 0.3) is 0 Å². The number of benzene rings is 1. The Morgan fingerprint density at radius 1 is 1.31 bits per heavy atom. The number of likely N-dealkylation sites (tertiary alicyclic amines) is 1. The third kappa shape index (κ3) is 7.98. The zero-order valence-corrected chi connectivity index (χ0v) is 17.1. The number of piperidine rings is 1. The van der Waals surface area contributed by atoms with Gasteiger partial charge in [0.2, 0.25) is 0 Å². The lowest BCUT2D eigenvalue weighted by atomic mass is 9.93. The normalized spacial score (nSPS) is 16.8. The number of ether oxygens (including phenoxy) is 1. The number of para-hydroxylation sites is 2. The first-order valence-corrected chi connectivity index (χ1v) is 8.36. The summed E-state index contributed by atoms with van der Waals surface area (Å²) < 4.78 is 42.4. The predicted molar refractivity (Wildman–Crippen MR) is 108 cm³/mol. The molecule has 1 aromatic carbocycles. The molecule has 1 fully saturated rings. The van der Waals surface area contributed by atoms with Crippen LogP contribution in [0.2, 0.25) is 0 Å². The van der Waals surface area contributed by atoms with Gasteiger partial charge in [-0.05, 0) is 50.4 Å². The SMILES string of the molecule is COc1ccccc1NC(N)=NCCC1CCN(CC(F)(F)F)CC1.I. The summed E-state index contributed by atoms with van der Waals surface area (Å²) in [5, 5.41) is 3.00. The fourth-order valence-electron chi connectivity index (χ4n) is 2.98. The smallest absolute Gasteiger partial charge is 0.401 e. The van der Waals surface area contributed by atoms with E-state index < -0.39 is 12.7 Å². The second kappa shape index (κ2) is 10.8. The molecule has 0 unspecified atom stereocenters. The summed E-state index contributed by atoms with van der Waals surface area (Å²) in [5.41, 5.74) is 6.63. The van der Waals surface area contributed by atoms with Crippen LogP contribution in [0.25, 0.3) is 0 Å². The van der Waals surface area contributed by atoms with Gasteiger partial charge in [0, 0.05) is 6.54 Å². The van der Waals surface area contributed by atoms with Gasteiger partial charge in [-0.3, -0.25) is 9.89 Å². The first-order chi connectivity index (χ1) is 11.9. The van der Waals surface area contributed by atoms with E-state index in [1.165, 1.54) is 4.90 Å². The maximum absolute atomic E-state index is 12.4. The molecule has 0 radical (unpaired) electrons. The van der Waals surface area contributed by atoms with Crippen LogP contribution in [0.3, 0.4) is 0 Å². The average Bonchev–Trinajstić information content (AvgIpc) is 2.55. The molecule has 0 amide bonds. The van der Waals surface area contributed by atoms with Crippen LogP contribution < -0.4 is 15.8 Å². The van der Waals surface area contributed by atoms with E-state index in [-0.39, 0.29) is 24.0 Å². The van der Waals surface area contributed by atoms with Crippen molar-refractivity contribution >= 4 is 35.6 Å². The minimum Gasteiger partial charge on any atom is -0.495 e. The summed E-state index contributed by atoms with van der Waals surface area (Å²) in [6, 6.07) is 7.40. The average molecular weight is 486 g/mol. The van der Waals surface area contributed by atoms with Gasteiger partial charge in [-0.2, -0.15) is 13.2 Å². The van der Waals surface area contributed by atoms with Crippen LogP contribution in [0.15, 0.2) is 29.3 Å². The molecule has 1 aliphatic heterocycles. The summed E-state index contributed by atoms with van der Waals surface area (Å²) in [4.78, 5) is 5.77. The molecule has 0 aromatic heterocycles. The van der Waals surface area contributed by atoms with Crippen molar-refractivity contribution in [2.24, 2.45) is 16.6 Å². The Kier molecular flexibility index (Phi) is 9.48. The first kappa shape index (κ1) is 22.8. The van der Waals surface area contributed by atoms with Crippen LogP contribution in [0.1, 0.15) is 19.3 Å². The van der Waals surface area contributed by atoms with Crippen molar-refractivity contribution in [1.82, 2.24) is 4.90 Å². The van der Waals surface area contributed by atoms with Crippen LogP contribution >= 0.6 is 24.0 Å². The van der Waals surface area contributed by atoms with Gasteiger partial charge in [-0.15, -0.1) is 24.0 Å². The number of nitrogens with one attached hydrogen (secondary N) is 1. The van der Waals surface area contributed by atoms with Gasteiger partial charge in [0.05, 0.1) is 19.3 Å². The number of halogens is 4. The molecule has 0 saturated carbocycles. The lowest BCUT2D eigenvalue weighted by Crippen LogP contribution is -2.40. The topological polar surface area (TPSA) is 62.9 Å². The first-order valence-electron chi connectivity index (χ1n) is 8.36. The second-order valence-corrected chi connectivity index (χ2v) is 6.22. The number of nitrogens with zero attached hydrogens (tertiary/aromatic N) is 2. The van der Waals surface area contributed by atoms with E-state index >= 15 is 0 Å². The summed E-state index contributed by atoms with van der Waals surface area (Å²) in [6.45, 7) is 0.719. The fourth-order valence-corrected chi connectivity index (χ4v) is 2.98. The molecule has 1 heterocycles. The van der Waals surface area contributed by atoms with E-state index in [2.05, 4.69) is 10.3 Å². The highest BCUT2D eigenvalue weighted by Crippen LogP contribution is 2.25. The molecule has 0 spiro atoms. The molecule has 148 valence electrons. The van der Waals surface area contributed by atoms with Crippen LogP contribution in [0, 0.1) is 5.92 Å². The van der Waals surface area contributed by atoms with Gasteiger partial charge in [0.1, 0.15) is 5.75 Å². The largest absolute Gasteiger partial charge is 0.495 e. The Balaban J connectivity index is 0.00000338. The number of hydrogen-bond acceptors (Lipinski definition) is 3. The zero-order chi connectivity index (χ0) is 18.3. The van der Waals surface area contributed by atoms with E-state index in [1.807, 2.05) is 24.3 Å². The highest BCUT2D eigenvalue weighted by Gasteiger charge is 2.32. The van der Waals surface area contributed by atoms with Crippen molar-refractivity contribution in [2.75, 3.05) is 38.6 Å². The molecule has 26 heavy (non-hydrogen) atoms. The lowest BCUT2D eigenvalue weighted by molar-refractivity contribution is -0.148. The van der Waals surface area contributed by atoms with Gasteiger partial charge in [-0.25, -0.2) is 0 Å². The number of rotatable bonds is 6. The molecule has 0 bridgehead atoms. The van der Waals surface area contributed by atoms with Crippen LogP contribution in [0.5, 0.6) is 5.75 Å². The van der Waals surface area contributed by atoms with Gasteiger partial charge in [0.15, 0.2) is 5.96 Å². The van der Waals surface area contributed by atoms with Gasteiger partial charge in [-0.1, -0.05) is 12.1 Å². The Bertz CT molecular complexity index is 575. The molecule has 5 nitrogen and oxygen atoms in total. The Morgan fingerprint density at radius 2 is 1.96 bits per heavy atom. The number of hydrogen-bond donors (Lipinski definition) is 2. The number of aliphatic imine (C=N–C) groups is 1. The number of methoxy groups -OCH3 is 1. The lowest BCUT2D eigenvalue weighted by Gasteiger charge is -2.32. The number of guanidine groups is 1. The van der Waals surface area contributed by atoms with Crippen LogP contribution in [0.4, 0.5) is 18.9 Å². The highest BCUT2D eigenvalue weighted by molar-refractivity contribution is 14.0. The Hall–Kier alpha value is -1.23. The third-order valence-electron chi connectivity index (χ3n) is 4.30. The minimum atomic E-state index is -4.12. The molecule has 0 aliphatic carbocycles. The van der Waals surface area contributed by atoms with Crippen molar-refractivity contribution in [2.45, 2.75) is 25.4 Å². The molecule has 3 N–H and O–H groups in total. The summed E-state index contributed by atoms with van der Waals surface area (Å²) in [6.07, 6.45) is -1.75. The highest BCUT2D eigenvalue weighted by atomic mass is 127. The maximum Gasteiger partial charge on any atom is 0.401 e. The van der Waals surface area contributed by atoms with Gasteiger partial charge >= 0.3 is 6.18 Å². The fraction of sp³-hybridized carbons (Fsp3) is 0.588. The molecule has 1 aromatic rings. The van der Waals surface area contributed by atoms with E-state index in [4.69, 9.17) is 10.5 Å².